The van der Waals surface area contributed by atoms with Crippen molar-refractivity contribution in [3.8, 4) is 5.69 Å². The Kier molecular flexibility index (Phi) is 4.85. The van der Waals surface area contributed by atoms with E-state index in [1.54, 1.807) is 16.8 Å². The molecule has 22 heavy (non-hydrogen) atoms. The summed E-state index contributed by atoms with van der Waals surface area (Å²) in [5, 5.41) is 13.8. The number of aromatic nitrogens is 2. The third-order valence-corrected chi connectivity index (χ3v) is 4.31. The first-order valence-corrected chi connectivity index (χ1v) is 7.91. The largest absolute Gasteiger partial charge is 0.396 e. The minimum atomic E-state index is -0.240. The molecule has 5 heteroatoms. The van der Waals surface area contributed by atoms with Crippen LogP contribution in [-0.2, 0) is 6.54 Å². The smallest absolute Gasteiger partial charge is 0.123 e. The fraction of sp³-hybridized carbons (Fsp3) is 0.471. The molecule has 0 radical (unpaired) electrons. The monoisotopic (exact) mass is 303 g/mol. The van der Waals surface area contributed by atoms with Crippen molar-refractivity contribution in [1.29, 1.82) is 0 Å². The van der Waals surface area contributed by atoms with Crippen LogP contribution >= 0.6 is 0 Å². The number of nitrogens with zero attached hydrogens (tertiary/aromatic N) is 3. The highest BCUT2D eigenvalue weighted by Crippen LogP contribution is 2.21. The Bertz CT molecular complexity index is 594. The third-order valence-electron chi connectivity index (χ3n) is 4.31. The summed E-state index contributed by atoms with van der Waals surface area (Å²) in [4.78, 5) is 2.41. The second-order valence-electron chi connectivity index (χ2n) is 5.86. The van der Waals surface area contributed by atoms with E-state index in [0.29, 0.717) is 6.04 Å². The van der Waals surface area contributed by atoms with Crippen LogP contribution < -0.4 is 0 Å². The van der Waals surface area contributed by atoms with E-state index in [0.717, 1.165) is 37.3 Å². The summed E-state index contributed by atoms with van der Waals surface area (Å²) in [6.07, 6.45) is 6.34. The van der Waals surface area contributed by atoms with Crippen molar-refractivity contribution in [2.24, 2.45) is 0 Å². The minimum absolute atomic E-state index is 0.240. The van der Waals surface area contributed by atoms with Gasteiger partial charge in [0.2, 0.25) is 0 Å². The molecular weight excluding hydrogens is 281 g/mol. The van der Waals surface area contributed by atoms with Crippen LogP contribution in [0.1, 0.15) is 31.4 Å². The summed E-state index contributed by atoms with van der Waals surface area (Å²) in [5.74, 6) is -0.240. The molecular formula is C17H22FN3O. The highest BCUT2D eigenvalue weighted by atomic mass is 19.1. The summed E-state index contributed by atoms with van der Waals surface area (Å²) in [7, 11) is 0. The van der Waals surface area contributed by atoms with Crippen LogP contribution in [0.5, 0.6) is 0 Å². The van der Waals surface area contributed by atoms with Gasteiger partial charge in [-0.2, -0.15) is 5.10 Å². The number of hydrogen-bond acceptors (Lipinski definition) is 3. The average Bonchev–Trinajstić information content (AvgIpc) is 2.99. The number of halogens is 1. The fourth-order valence-electron chi connectivity index (χ4n) is 3.14. The maximum absolute atomic E-state index is 13.0. The topological polar surface area (TPSA) is 41.3 Å². The molecule has 1 aromatic carbocycles. The average molecular weight is 303 g/mol. The number of piperidine rings is 1. The van der Waals surface area contributed by atoms with Gasteiger partial charge in [-0.05, 0) is 56.1 Å². The van der Waals surface area contributed by atoms with Crippen molar-refractivity contribution < 1.29 is 9.50 Å². The highest BCUT2D eigenvalue weighted by molar-refractivity contribution is 5.31. The molecule has 1 unspecified atom stereocenters. The van der Waals surface area contributed by atoms with Gasteiger partial charge in [0.25, 0.3) is 0 Å². The van der Waals surface area contributed by atoms with Crippen LogP contribution in [0.25, 0.3) is 5.69 Å². The lowest BCUT2D eigenvalue weighted by Gasteiger charge is -2.34. The molecule has 2 heterocycles. The quantitative estimate of drug-likeness (QED) is 0.923. The Morgan fingerprint density at radius 1 is 1.18 bits per heavy atom. The van der Waals surface area contributed by atoms with Gasteiger partial charge in [-0.1, -0.05) is 6.42 Å². The van der Waals surface area contributed by atoms with E-state index in [1.165, 1.54) is 25.0 Å². The van der Waals surface area contributed by atoms with Crippen molar-refractivity contribution >= 4 is 0 Å². The van der Waals surface area contributed by atoms with E-state index >= 15 is 0 Å². The number of benzene rings is 1. The number of hydrogen-bond donors (Lipinski definition) is 1. The van der Waals surface area contributed by atoms with Crippen LogP contribution in [0.15, 0.2) is 36.5 Å². The van der Waals surface area contributed by atoms with Crippen LogP contribution in [0.4, 0.5) is 4.39 Å². The number of aliphatic hydroxyl groups is 1. The molecule has 118 valence electrons. The van der Waals surface area contributed by atoms with E-state index < -0.39 is 0 Å². The molecule has 1 aromatic heterocycles. The van der Waals surface area contributed by atoms with Gasteiger partial charge in [-0.25, -0.2) is 9.07 Å². The molecule has 0 aliphatic carbocycles. The molecule has 0 amide bonds. The van der Waals surface area contributed by atoms with Crippen LogP contribution in [0.3, 0.4) is 0 Å². The van der Waals surface area contributed by atoms with Crippen LogP contribution in [-0.4, -0.2) is 39.0 Å². The van der Waals surface area contributed by atoms with Crippen molar-refractivity contribution in [3.05, 3.63) is 48.0 Å². The van der Waals surface area contributed by atoms with Gasteiger partial charge < -0.3 is 5.11 Å². The SMILES string of the molecule is OCCC1CCCCN1Cc1ccn(-c2ccc(F)cc2)n1. The van der Waals surface area contributed by atoms with E-state index in [9.17, 15) is 9.50 Å². The molecule has 0 bridgehead atoms. The summed E-state index contributed by atoms with van der Waals surface area (Å²) in [6.45, 7) is 2.11. The Morgan fingerprint density at radius 2 is 2.00 bits per heavy atom. The first-order chi connectivity index (χ1) is 10.8. The van der Waals surface area contributed by atoms with Crippen LogP contribution in [0, 0.1) is 5.82 Å². The zero-order valence-corrected chi connectivity index (χ0v) is 12.7. The normalized spacial score (nSPS) is 19.5. The lowest BCUT2D eigenvalue weighted by molar-refractivity contribution is 0.111. The molecule has 3 rings (SSSR count). The third kappa shape index (κ3) is 3.54. The lowest BCUT2D eigenvalue weighted by Crippen LogP contribution is -2.39. The summed E-state index contributed by atoms with van der Waals surface area (Å²) < 4.78 is 14.8. The zero-order valence-electron chi connectivity index (χ0n) is 12.7. The van der Waals surface area contributed by atoms with Crippen molar-refractivity contribution in [1.82, 2.24) is 14.7 Å². The Morgan fingerprint density at radius 3 is 2.77 bits per heavy atom. The van der Waals surface area contributed by atoms with Gasteiger partial charge in [0.1, 0.15) is 5.82 Å². The molecule has 1 atom stereocenters. The van der Waals surface area contributed by atoms with E-state index in [2.05, 4.69) is 10.00 Å². The number of rotatable bonds is 5. The van der Waals surface area contributed by atoms with Gasteiger partial charge in [0, 0.05) is 25.4 Å². The standard InChI is InChI=1S/C17H22FN3O/c18-14-4-6-17(7-5-14)21-11-8-15(19-21)13-20-10-2-1-3-16(20)9-12-22/h4-8,11,16,22H,1-3,9-10,12-13H2. The number of likely N-dealkylation sites (tertiary alicyclic amines) is 1. The maximum Gasteiger partial charge on any atom is 0.123 e. The van der Waals surface area contributed by atoms with Crippen molar-refractivity contribution in [2.75, 3.05) is 13.2 Å². The lowest BCUT2D eigenvalue weighted by atomic mass is 9.99. The van der Waals surface area contributed by atoms with Crippen LogP contribution in [0.2, 0.25) is 0 Å². The Labute approximate surface area is 130 Å². The van der Waals surface area contributed by atoms with Crippen molar-refractivity contribution in [2.45, 2.75) is 38.3 Å². The summed E-state index contributed by atoms with van der Waals surface area (Å²) in [6, 6.07) is 8.80. The van der Waals surface area contributed by atoms with E-state index in [1.807, 2.05) is 12.3 Å². The first-order valence-electron chi connectivity index (χ1n) is 7.91. The zero-order chi connectivity index (χ0) is 15.4. The second-order valence-corrected chi connectivity index (χ2v) is 5.86. The maximum atomic E-state index is 13.0. The van der Waals surface area contributed by atoms with E-state index in [4.69, 9.17) is 0 Å². The Hall–Kier alpha value is -1.72. The predicted molar refractivity (Wildman–Crippen MR) is 83.3 cm³/mol. The second kappa shape index (κ2) is 7.03. The van der Waals surface area contributed by atoms with Gasteiger partial charge in [-0.15, -0.1) is 0 Å². The highest BCUT2D eigenvalue weighted by Gasteiger charge is 2.22. The fourth-order valence-corrected chi connectivity index (χ4v) is 3.14. The molecule has 1 N–H and O–H groups in total. The van der Waals surface area contributed by atoms with Gasteiger partial charge in [0.15, 0.2) is 0 Å². The summed E-state index contributed by atoms with van der Waals surface area (Å²) in [5.41, 5.74) is 1.87. The molecule has 1 saturated heterocycles. The van der Waals surface area contributed by atoms with Gasteiger partial charge in [-0.3, -0.25) is 4.90 Å². The molecule has 0 saturated carbocycles. The molecule has 1 aliphatic rings. The molecule has 2 aromatic rings. The van der Waals surface area contributed by atoms with Gasteiger partial charge in [0.05, 0.1) is 11.4 Å². The molecule has 1 aliphatic heterocycles. The predicted octanol–water partition coefficient (Wildman–Crippen LogP) is 2.75. The molecule has 0 spiro atoms. The van der Waals surface area contributed by atoms with Crippen molar-refractivity contribution in [3.63, 3.8) is 0 Å². The molecule has 4 nitrogen and oxygen atoms in total. The summed E-state index contributed by atoms with van der Waals surface area (Å²) >= 11 is 0. The minimum Gasteiger partial charge on any atom is -0.396 e. The first kappa shape index (κ1) is 15.2. The van der Waals surface area contributed by atoms with E-state index in [-0.39, 0.29) is 12.4 Å². The van der Waals surface area contributed by atoms with Gasteiger partial charge >= 0.3 is 0 Å². The Balaban J connectivity index is 1.69. The number of aliphatic hydroxyl groups excluding tert-OH is 1. The molecule has 1 fully saturated rings.